The number of carbonyl (C=O) groups excluding carboxylic acids is 2. The molecular weight excluding hydrogens is 399 g/mol. The Hall–Kier alpha value is -2.08. The van der Waals surface area contributed by atoms with E-state index in [9.17, 15) is 9.59 Å². The highest BCUT2D eigenvalue weighted by Gasteiger charge is 2.43. The van der Waals surface area contributed by atoms with E-state index in [4.69, 9.17) is 33.7 Å². The van der Waals surface area contributed by atoms with Gasteiger partial charge in [0.25, 0.3) is 0 Å². The number of ether oxygens (including phenoxy) is 1. The standard InChI is InChI=1S/C21H22Cl2N2O3/c1-2-4-17(21(24)27)25-18(26)12-28-20(14-5-3-6-16(23)11-14)19(25)13-7-9-15(22)10-8-13/h3,5-11,17,19-20H,2,4,12H2,1H3,(H2,24,27)/t17-,19-,20+/m0/s1. The molecule has 3 atom stereocenters. The van der Waals surface area contributed by atoms with Crippen LogP contribution in [-0.4, -0.2) is 29.4 Å². The van der Waals surface area contributed by atoms with Crippen LogP contribution in [0.3, 0.4) is 0 Å². The van der Waals surface area contributed by atoms with E-state index >= 15 is 0 Å². The van der Waals surface area contributed by atoms with Crippen LogP contribution < -0.4 is 5.73 Å². The number of morpholine rings is 1. The van der Waals surface area contributed by atoms with Crippen LogP contribution in [0.15, 0.2) is 48.5 Å². The smallest absolute Gasteiger partial charge is 0.249 e. The lowest BCUT2D eigenvalue weighted by Crippen LogP contribution is -2.55. The van der Waals surface area contributed by atoms with E-state index in [1.54, 1.807) is 23.1 Å². The van der Waals surface area contributed by atoms with Gasteiger partial charge in [0.15, 0.2) is 0 Å². The number of nitrogens with zero attached hydrogens (tertiary/aromatic N) is 1. The lowest BCUT2D eigenvalue weighted by atomic mass is 9.90. The maximum atomic E-state index is 12.9. The van der Waals surface area contributed by atoms with Crippen molar-refractivity contribution in [3.8, 4) is 0 Å². The number of primary amides is 1. The Morgan fingerprint density at radius 3 is 2.50 bits per heavy atom. The molecule has 5 nitrogen and oxygen atoms in total. The molecule has 148 valence electrons. The molecule has 0 aromatic heterocycles. The van der Waals surface area contributed by atoms with Gasteiger partial charge in [-0.05, 0) is 41.8 Å². The summed E-state index contributed by atoms with van der Waals surface area (Å²) in [6, 6.07) is 13.2. The molecule has 1 aliphatic rings. The van der Waals surface area contributed by atoms with Crippen LogP contribution >= 0.6 is 23.2 Å². The molecule has 0 aliphatic carbocycles. The van der Waals surface area contributed by atoms with Gasteiger partial charge in [-0.25, -0.2) is 0 Å². The SMILES string of the molecule is CCC[C@@H](C(N)=O)N1C(=O)CO[C@H](c2cccc(Cl)c2)[C@@H]1c1ccc(Cl)cc1. The van der Waals surface area contributed by atoms with Crippen LogP contribution in [0.1, 0.15) is 43.0 Å². The minimum absolute atomic E-state index is 0.130. The lowest BCUT2D eigenvalue weighted by molar-refractivity contribution is -0.166. The highest BCUT2D eigenvalue weighted by Crippen LogP contribution is 2.42. The highest BCUT2D eigenvalue weighted by atomic mass is 35.5. The van der Waals surface area contributed by atoms with Crippen LogP contribution in [-0.2, 0) is 14.3 Å². The van der Waals surface area contributed by atoms with Gasteiger partial charge in [-0.3, -0.25) is 9.59 Å². The van der Waals surface area contributed by atoms with Crippen LogP contribution in [0.2, 0.25) is 10.0 Å². The van der Waals surface area contributed by atoms with E-state index in [-0.39, 0.29) is 12.5 Å². The Labute approximate surface area is 174 Å². The van der Waals surface area contributed by atoms with Crippen molar-refractivity contribution >= 4 is 35.0 Å². The predicted molar refractivity (Wildman–Crippen MR) is 109 cm³/mol. The minimum atomic E-state index is -0.719. The largest absolute Gasteiger partial charge is 0.368 e. The summed E-state index contributed by atoms with van der Waals surface area (Å²) in [5.41, 5.74) is 7.31. The third-order valence-electron chi connectivity index (χ3n) is 4.88. The number of hydrogen-bond acceptors (Lipinski definition) is 3. The predicted octanol–water partition coefficient (Wildman–Crippen LogP) is 4.29. The van der Waals surface area contributed by atoms with Crippen molar-refractivity contribution in [3.63, 3.8) is 0 Å². The van der Waals surface area contributed by atoms with Crippen LogP contribution in [0.5, 0.6) is 0 Å². The van der Waals surface area contributed by atoms with Crippen molar-refractivity contribution in [2.24, 2.45) is 5.73 Å². The molecule has 2 amide bonds. The highest BCUT2D eigenvalue weighted by molar-refractivity contribution is 6.30. The van der Waals surface area contributed by atoms with Crippen LogP contribution in [0, 0.1) is 0 Å². The third-order valence-corrected chi connectivity index (χ3v) is 5.36. The number of halogens is 2. The summed E-state index contributed by atoms with van der Waals surface area (Å²) in [5, 5.41) is 1.15. The molecule has 2 aromatic rings. The fourth-order valence-electron chi connectivity index (χ4n) is 3.64. The van der Waals surface area contributed by atoms with Gasteiger partial charge in [0, 0.05) is 10.0 Å². The molecule has 28 heavy (non-hydrogen) atoms. The molecule has 1 heterocycles. The summed E-state index contributed by atoms with van der Waals surface area (Å²) in [4.78, 5) is 26.6. The van der Waals surface area contributed by atoms with Crippen LogP contribution in [0.4, 0.5) is 0 Å². The van der Waals surface area contributed by atoms with Gasteiger partial charge in [0.1, 0.15) is 18.8 Å². The van der Waals surface area contributed by atoms with E-state index in [0.29, 0.717) is 22.9 Å². The van der Waals surface area contributed by atoms with Gasteiger partial charge in [0.05, 0.1) is 6.04 Å². The topological polar surface area (TPSA) is 72.6 Å². The average Bonchev–Trinajstić information content (AvgIpc) is 2.67. The van der Waals surface area contributed by atoms with Gasteiger partial charge in [0.2, 0.25) is 11.8 Å². The summed E-state index contributed by atoms with van der Waals surface area (Å²) < 4.78 is 5.93. The fraction of sp³-hybridized carbons (Fsp3) is 0.333. The molecule has 2 aromatic carbocycles. The molecule has 7 heteroatoms. The van der Waals surface area contributed by atoms with Crippen molar-refractivity contribution in [3.05, 3.63) is 69.7 Å². The molecule has 0 bridgehead atoms. The fourth-order valence-corrected chi connectivity index (χ4v) is 3.97. The second-order valence-electron chi connectivity index (χ2n) is 6.79. The molecule has 1 fully saturated rings. The molecule has 0 saturated carbocycles. The molecule has 0 spiro atoms. The quantitative estimate of drug-likeness (QED) is 0.757. The van der Waals surface area contributed by atoms with Crippen molar-refractivity contribution < 1.29 is 14.3 Å². The van der Waals surface area contributed by atoms with Gasteiger partial charge >= 0.3 is 0 Å². The summed E-state index contributed by atoms with van der Waals surface area (Å²) in [6.45, 7) is 1.82. The van der Waals surface area contributed by atoms with Gasteiger partial charge < -0.3 is 15.4 Å². The molecule has 0 unspecified atom stereocenters. The second-order valence-corrected chi connectivity index (χ2v) is 7.66. The summed E-state index contributed by atoms with van der Waals surface area (Å²) in [7, 11) is 0. The first-order chi connectivity index (χ1) is 13.4. The van der Waals surface area contributed by atoms with E-state index in [1.165, 1.54) is 0 Å². The zero-order valence-corrected chi connectivity index (χ0v) is 17.0. The second kappa shape index (κ2) is 8.95. The number of nitrogens with two attached hydrogens (primary N) is 1. The summed E-state index contributed by atoms with van der Waals surface area (Å²) in [6.07, 6.45) is 0.706. The Kier molecular flexibility index (Phi) is 6.60. The molecule has 2 N–H and O–H groups in total. The number of carbonyl (C=O) groups is 2. The Morgan fingerprint density at radius 2 is 1.89 bits per heavy atom. The molecule has 1 aliphatic heterocycles. The lowest BCUT2D eigenvalue weighted by Gasteiger charge is -2.44. The monoisotopic (exact) mass is 420 g/mol. The normalized spacial score (nSPS) is 20.8. The average molecular weight is 421 g/mol. The van der Waals surface area contributed by atoms with Crippen molar-refractivity contribution in [1.82, 2.24) is 4.90 Å². The van der Waals surface area contributed by atoms with Crippen molar-refractivity contribution in [1.29, 1.82) is 0 Å². The number of rotatable bonds is 6. The van der Waals surface area contributed by atoms with Gasteiger partial charge in [-0.15, -0.1) is 0 Å². The van der Waals surface area contributed by atoms with Crippen molar-refractivity contribution in [2.45, 2.75) is 38.0 Å². The van der Waals surface area contributed by atoms with E-state index < -0.39 is 24.1 Å². The summed E-state index contributed by atoms with van der Waals surface area (Å²) in [5.74, 6) is -0.795. The Bertz CT molecular complexity index is 857. The number of amides is 2. The first kappa shape index (κ1) is 20.6. The van der Waals surface area contributed by atoms with E-state index in [1.807, 2.05) is 37.3 Å². The third kappa shape index (κ3) is 4.32. The zero-order chi connectivity index (χ0) is 20.3. The van der Waals surface area contributed by atoms with Gasteiger partial charge in [-0.1, -0.05) is 60.8 Å². The molecular formula is C21H22Cl2N2O3. The first-order valence-electron chi connectivity index (χ1n) is 9.15. The molecule has 3 rings (SSSR count). The maximum Gasteiger partial charge on any atom is 0.249 e. The molecule has 1 saturated heterocycles. The number of benzene rings is 2. The van der Waals surface area contributed by atoms with Crippen molar-refractivity contribution in [2.75, 3.05) is 6.61 Å². The Morgan fingerprint density at radius 1 is 1.18 bits per heavy atom. The minimum Gasteiger partial charge on any atom is -0.368 e. The Balaban J connectivity index is 2.12. The first-order valence-corrected chi connectivity index (χ1v) is 9.91. The van der Waals surface area contributed by atoms with Crippen LogP contribution in [0.25, 0.3) is 0 Å². The zero-order valence-electron chi connectivity index (χ0n) is 15.5. The van der Waals surface area contributed by atoms with E-state index in [2.05, 4.69) is 0 Å². The van der Waals surface area contributed by atoms with Gasteiger partial charge in [-0.2, -0.15) is 0 Å². The number of hydrogen-bond donors (Lipinski definition) is 1. The maximum absolute atomic E-state index is 12.9. The molecule has 0 radical (unpaired) electrons. The summed E-state index contributed by atoms with van der Waals surface area (Å²) >= 11 is 12.2. The van der Waals surface area contributed by atoms with E-state index in [0.717, 1.165) is 11.1 Å².